The summed E-state index contributed by atoms with van der Waals surface area (Å²) < 4.78 is 6.07. The lowest BCUT2D eigenvalue weighted by molar-refractivity contribution is -0.147. The van der Waals surface area contributed by atoms with Crippen LogP contribution in [0.15, 0.2) is 11.6 Å². The maximum absolute atomic E-state index is 12.5. The predicted molar refractivity (Wildman–Crippen MR) is 105 cm³/mol. The molecule has 0 radical (unpaired) electrons. The maximum Gasteiger partial charge on any atom is 0.316 e. The molecule has 3 nitrogen and oxygen atoms in total. The van der Waals surface area contributed by atoms with Gasteiger partial charge in [0.2, 0.25) is 0 Å². The van der Waals surface area contributed by atoms with Crippen molar-refractivity contribution in [2.45, 2.75) is 71.3 Å². The molecule has 6 atom stereocenters. The molecule has 0 aromatic carbocycles. The molecule has 0 heterocycles. The zero-order valence-electron chi connectivity index (χ0n) is 15.4. The van der Waals surface area contributed by atoms with Gasteiger partial charge in [0.05, 0.1) is 4.43 Å². The second-order valence-corrected chi connectivity index (χ2v) is 9.93. The Bertz CT molecular complexity index is 627. The maximum atomic E-state index is 12.5. The molecule has 0 aromatic heterocycles. The van der Waals surface area contributed by atoms with E-state index in [1.54, 1.807) is 0 Å². The molecule has 3 saturated carbocycles. The first-order valence-corrected chi connectivity index (χ1v) is 11.4. The lowest BCUT2D eigenvalue weighted by Gasteiger charge is -2.56. The van der Waals surface area contributed by atoms with Crippen molar-refractivity contribution < 1.29 is 14.3 Å². The van der Waals surface area contributed by atoms with Crippen LogP contribution in [0.1, 0.15) is 65.2 Å². The number of esters is 1. The number of rotatable bonds is 2. The number of ketones is 1. The molecule has 4 rings (SSSR count). The summed E-state index contributed by atoms with van der Waals surface area (Å²) in [7, 11) is 0. The monoisotopic (exact) mass is 456 g/mol. The molecule has 25 heavy (non-hydrogen) atoms. The first-order valence-electron chi connectivity index (χ1n) is 9.87. The Morgan fingerprint density at radius 3 is 2.68 bits per heavy atom. The Balaban J connectivity index is 1.56. The van der Waals surface area contributed by atoms with E-state index >= 15 is 0 Å². The van der Waals surface area contributed by atoms with Crippen LogP contribution in [0.3, 0.4) is 0 Å². The summed E-state index contributed by atoms with van der Waals surface area (Å²) >= 11 is 2.07. The fourth-order valence-corrected chi connectivity index (χ4v) is 6.90. The number of ether oxygens (including phenoxy) is 1. The van der Waals surface area contributed by atoms with E-state index in [1.165, 1.54) is 12.0 Å². The van der Waals surface area contributed by atoms with Crippen LogP contribution in [0.5, 0.6) is 0 Å². The highest BCUT2D eigenvalue weighted by Crippen LogP contribution is 2.64. The van der Waals surface area contributed by atoms with Crippen molar-refractivity contribution in [3.63, 3.8) is 0 Å². The SMILES string of the molecule is C[C@]12CC[C@@H](OC(=O)CI)CC1=CC[C@@H]1[C@@H]2CC[C@]2(C)C(=O)CC[C@@H]12. The third kappa shape index (κ3) is 2.72. The third-order valence-corrected chi connectivity index (χ3v) is 8.80. The largest absolute Gasteiger partial charge is 0.461 e. The topological polar surface area (TPSA) is 43.4 Å². The van der Waals surface area contributed by atoms with Gasteiger partial charge in [-0.05, 0) is 61.7 Å². The van der Waals surface area contributed by atoms with Gasteiger partial charge in [-0.3, -0.25) is 9.59 Å². The summed E-state index contributed by atoms with van der Waals surface area (Å²) in [4.78, 5) is 24.1. The minimum absolute atomic E-state index is 0.0457. The summed E-state index contributed by atoms with van der Waals surface area (Å²) in [5, 5.41) is 0. The zero-order valence-corrected chi connectivity index (χ0v) is 17.5. The summed E-state index contributed by atoms with van der Waals surface area (Å²) in [5.74, 6) is 2.40. The molecule has 0 spiro atoms. The molecule has 0 aliphatic heterocycles. The number of fused-ring (bicyclic) bond motifs is 5. The van der Waals surface area contributed by atoms with Gasteiger partial charge in [-0.2, -0.15) is 0 Å². The number of hydrogen-bond acceptors (Lipinski definition) is 3. The van der Waals surface area contributed by atoms with E-state index in [4.69, 9.17) is 4.74 Å². The minimum atomic E-state index is -0.0820. The number of carbonyl (C=O) groups excluding carboxylic acids is 2. The lowest BCUT2D eigenvalue weighted by atomic mass is 9.48. The van der Waals surface area contributed by atoms with E-state index in [0.717, 1.165) is 44.9 Å². The summed E-state index contributed by atoms with van der Waals surface area (Å²) in [5.41, 5.74) is 1.73. The molecule has 0 N–H and O–H groups in total. The number of carbonyl (C=O) groups is 2. The second kappa shape index (κ2) is 6.35. The smallest absolute Gasteiger partial charge is 0.316 e. The minimum Gasteiger partial charge on any atom is -0.461 e. The van der Waals surface area contributed by atoms with E-state index in [-0.39, 0.29) is 22.9 Å². The highest BCUT2D eigenvalue weighted by atomic mass is 127. The van der Waals surface area contributed by atoms with Gasteiger partial charge in [-0.15, -0.1) is 0 Å². The molecule has 4 heteroatoms. The zero-order chi connectivity index (χ0) is 17.8. The number of hydrogen-bond donors (Lipinski definition) is 0. The molecule has 4 aliphatic rings. The van der Waals surface area contributed by atoms with Gasteiger partial charge in [-0.1, -0.05) is 48.1 Å². The van der Waals surface area contributed by atoms with E-state index in [9.17, 15) is 9.59 Å². The molecule has 0 unspecified atom stereocenters. The van der Waals surface area contributed by atoms with E-state index < -0.39 is 0 Å². The third-order valence-electron chi connectivity index (χ3n) is 8.17. The molecule has 0 saturated heterocycles. The van der Waals surface area contributed by atoms with Gasteiger partial charge in [0.15, 0.2) is 0 Å². The number of Topliss-reactive ketones (excluding diaryl/α,β-unsaturated/α-hetero) is 1. The van der Waals surface area contributed by atoms with E-state index in [1.807, 2.05) is 0 Å². The van der Waals surface area contributed by atoms with Crippen molar-refractivity contribution in [3.8, 4) is 0 Å². The summed E-state index contributed by atoms with van der Waals surface area (Å²) in [6, 6.07) is 0. The van der Waals surface area contributed by atoms with Gasteiger partial charge in [0, 0.05) is 18.3 Å². The molecule has 0 aromatic rings. The normalized spacial score (nSPS) is 45.9. The van der Waals surface area contributed by atoms with Crippen LogP contribution in [0.2, 0.25) is 0 Å². The van der Waals surface area contributed by atoms with Gasteiger partial charge in [-0.25, -0.2) is 0 Å². The van der Waals surface area contributed by atoms with Crippen molar-refractivity contribution in [2.24, 2.45) is 28.6 Å². The average Bonchev–Trinajstić information content (AvgIpc) is 2.90. The van der Waals surface area contributed by atoms with E-state index in [2.05, 4.69) is 42.5 Å². The fourth-order valence-electron chi connectivity index (χ4n) is 6.72. The van der Waals surface area contributed by atoms with Crippen LogP contribution in [0.25, 0.3) is 0 Å². The molecular weight excluding hydrogens is 427 g/mol. The number of halogens is 1. The Labute approximate surface area is 164 Å². The second-order valence-electron chi connectivity index (χ2n) is 9.17. The molecule has 0 amide bonds. The van der Waals surface area contributed by atoms with Crippen molar-refractivity contribution in [3.05, 3.63) is 11.6 Å². The Morgan fingerprint density at radius 1 is 1.20 bits per heavy atom. The van der Waals surface area contributed by atoms with Gasteiger partial charge in [0.25, 0.3) is 0 Å². The molecular formula is C21H29IO3. The van der Waals surface area contributed by atoms with Crippen molar-refractivity contribution in [1.82, 2.24) is 0 Å². The van der Waals surface area contributed by atoms with Crippen LogP contribution in [0, 0.1) is 28.6 Å². The predicted octanol–water partition coefficient (Wildman–Crippen LogP) is 4.87. The average molecular weight is 456 g/mol. The first kappa shape index (κ1) is 18.0. The summed E-state index contributed by atoms with van der Waals surface area (Å²) in [6.45, 7) is 4.69. The van der Waals surface area contributed by atoms with E-state index in [0.29, 0.717) is 28.0 Å². The van der Waals surface area contributed by atoms with Gasteiger partial charge < -0.3 is 4.74 Å². The number of allylic oxidation sites excluding steroid dienone is 1. The van der Waals surface area contributed by atoms with Crippen LogP contribution in [-0.4, -0.2) is 22.3 Å². The van der Waals surface area contributed by atoms with Crippen molar-refractivity contribution in [2.75, 3.05) is 4.43 Å². The standard InChI is InChI=1S/C21H29IO3/c1-20-9-7-14(25-19(24)12-22)11-13(20)3-4-15-16-5-6-18(23)21(16,2)10-8-17(15)20/h3,14-17H,4-12H2,1-2H3/t14-,15+,16+,17+,20+,21+/m1/s1. The van der Waals surface area contributed by atoms with Crippen LogP contribution >= 0.6 is 22.6 Å². The summed E-state index contributed by atoms with van der Waals surface area (Å²) in [6.07, 6.45) is 10.8. The van der Waals surface area contributed by atoms with Crippen molar-refractivity contribution >= 4 is 34.3 Å². The Kier molecular flexibility index (Phi) is 4.57. The molecule has 4 aliphatic carbocycles. The van der Waals surface area contributed by atoms with Gasteiger partial charge >= 0.3 is 5.97 Å². The first-order chi connectivity index (χ1) is 11.9. The molecule has 138 valence electrons. The van der Waals surface area contributed by atoms with Crippen LogP contribution < -0.4 is 0 Å². The Morgan fingerprint density at radius 2 is 1.92 bits per heavy atom. The molecule has 0 bridgehead atoms. The van der Waals surface area contributed by atoms with Crippen LogP contribution in [0.4, 0.5) is 0 Å². The highest BCUT2D eigenvalue weighted by molar-refractivity contribution is 14.1. The van der Waals surface area contributed by atoms with Gasteiger partial charge in [0.1, 0.15) is 11.9 Å². The quantitative estimate of drug-likeness (QED) is 0.258. The van der Waals surface area contributed by atoms with Crippen molar-refractivity contribution in [1.29, 1.82) is 0 Å². The van der Waals surface area contributed by atoms with Crippen LogP contribution in [-0.2, 0) is 14.3 Å². The Hall–Kier alpha value is -0.390. The highest BCUT2D eigenvalue weighted by Gasteiger charge is 2.58. The lowest BCUT2D eigenvalue weighted by Crippen LogP contribution is -2.50. The molecule has 3 fully saturated rings. The number of alkyl halides is 1. The fraction of sp³-hybridized carbons (Fsp3) is 0.810.